The van der Waals surface area contributed by atoms with Crippen LogP contribution in [-0.2, 0) is 26.9 Å². The number of carbonyl (C=O) groups is 1. The lowest BCUT2D eigenvalue weighted by atomic mass is 9.92. The maximum atomic E-state index is 14.5. The molecule has 0 radical (unpaired) electrons. The third kappa shape index (κ3) is 13.0. The molecule has 0 bridgehead atoms. The normalized spacial score (nSPS) is 17.3. The summed E-state index contributed by atoms with van der Waals surface area (Å²) in [5.41, 5.74) is -0.0711. The first kappa shape index (κ1) is 57.0. The minimum absolute atomic E-state index is 0.0830. The Hall–Kier alpha value is -5.74. The number of anilines is 4. The van der Waals surface area contributed by atoms with Crippen LogP contribution in [0, 0.1) is 6.92 Å². The number of aromatic nitrogens is 1. The van der Waals surface area contributed by atoms with Gasteiger partial charge >= 0.3 is 5.51 Å². The molecule has 1 atom stereocenters. The predicted molar refractivity (Wildman–Crippen MR) is 304 cm³/mol. The van der Waals surface area contributed by atoms with Crippen molar-refractivity contribution in [3.63, 3.8) is 0 Å². The molecule has 3 aliphatic rings. The average Bonchev–Trinajstić information content (AvgIpc) is 3.95. The minimum atomic E-state index is -6.03. The van der Waals surface area contributed by atoms with Crippen LogP contribution >= 0.6 is 23.4 Å². The molecular formula is C57H65ClF3N7O7S3. The number of piperidine rings is 2. The Morgan fingerprint density at radius 3 is 2.08 bits per heavy atom. The maximum Gasteiger partial charge on any atom is 0.501 e. The molecule has 9 rings (SSSR count). The number of carbonyl (C=O) groups excluding carboxylic acids is 1. The molecule has 1 unspecified atom stereocenters. The second-order valence-electron chi connectivity index (χ2n) is 20.6. The van der Waals surface area contributed by atoms with E-state index >= 15 is 0 Å². The summed E-state index contributed by atoms with van der Waals surface area (Å²) in [6.45, 7) is 8.99. The van der Waals surface area contributed by atoms with E-state index < -0.39 is 46.8 Å². The van der Waals surface area contributed by atoms with Gasteiger partial charge in [0.1, 0.15) is 4.90 Å². The van der Waals surface area contributed by atoms with Crippen molar-refractivity contribution in [1.82, 2.24) is 14.4 Å². The molecule has 1 aromatic heterocycles. The summed E-state index contributed by atoms with van der Waals surface area (Å²) in [6, 6.07) is 34.0. The molecule has 4 N–H and O–H groups in total. The number of hydrogen-bond donors (Lipinski definition) is 4. The van der Waals surface area contributed by atoms with Crippen LogP contribution < -0.4 is 19.8 Å². The number of piperazine rings is 1. The molecule has 21 heteroatoms. The molecule has 3 fully saturated rings. The molecule has 6 aromatic rings. The number of likely N-dealkylation sites (tertiary alicyclic amines) is 2. The third-order valence-electron chi connectivity index (χ3n) is 15.2. The fraction of sp³-hybridized carbons (Fsp3) is 0.386. The van der Waals surface area contributed by atoms with Gasteiger partial charge in [-0.3, -0.25) is 9.52 Å². The standard InChI is InChI=1S/C57H65ClF3N7O7S3/c1-39-52(55(70)68-30-25-56(2,71)26-31-68)53(54(64(39)3)40-12-14-42(58)15-13-40)41-8-7-9-46(36-41)67-34-32-66(33-35-67)45-18-16-43(17-19-45)63-78(74,75)49-20-21-50(51(37-49)77(72,73)57(59,60)61)62-44(38-76-48-10-5-4-6-11-48)22-27-65-28-23-47(69)24-29-65/h4-21,36-37,44,47,62-63,69,71H,22-35,38H2,1-3H3. The molecule has 3 aliphatic heterocycles. The van der Waals surface area contributed by atoms with Gasteiger partial charge in [0.25, 0.3) is 25.8 Å². The Kier molecular flexibility index (Phi) is 17.2. The van der Waals surface area contributed by atoms with E-state index in [0.717, 1.165) is 56.5 Å². The Bertz CT molecular complexity index is 3300. The van der Waals surface area contributed by atoms with Crippen molar-refractivity contribution in [2.24, 2.45) is 7.05 Å². The van der Waals surface area contributed by atoms with E-state index in [1.165, 1.54) is 11.8 Å². The van der Waals surface area contributed by atoms with Crippen LogP contribution in [0.5, 0.6) is 0 Å². The van der Waals surface area contributed by atoms with Crippen LogP contribution in [0.15, 0.2) is 136 Å². The highest BCUT2D eigenvalue weighted by atomic mass is 35.5. The fourth-order valence-corrected chi connectivity index (χ4v) is 13.7. The second kappa shape index (κ2) is 23.5. The van der Waals surface area contributed by atoms with Gasteiger partial charge in [-0.15, -0.1) is 11.8 Å². The van der Waals surface area contributed by atoms with E-state index in [1.807, 2.05) is 98.6 Å². The summed E-state index contributed by atoms with van der Waals surface area (Å²) < 4.78 is 102. The highest BCUT2D eigenvalue weighted by molar-refractivity contribution is 7.99. The molecular weight excluding hydrogens is 1080 g/mol. The number of nitrogens with one attached hydrogen (secondary N) is 2. The number of sulfone groups is 1. The molecule has 1 amide bonds. The topological polar surface area (TPSA) is 168 Å². The van der Waals surface area contributed by atoms with Gasteiger partial charge in [0.2, 0.25) is 0 Å². The second-order valence-corrected chi connectivity index (χ2v) is 25.8. The molecule has 4 heterocycles. The predicted octanol–water partition coefficient (Wildman–Crippen LogP) is 10.1. The summed E-state index contributed by atoms with van der Waals surface area (Å²) >= 11 is 7.78. The van der Waals surface area contributed by atoms with Crippen LogP contribution in [0.25, 0.3) is 22.4 Å². The molecule has 14 nitrogen and oxygen atoms in total. The van der Waals surface area contributed by atoms with Gasteiger partial charge in [0.15, 0.2) is 0 Å². The average molecular weight is 1150 g/mol. The third-order valence-corrected chi connectivity index (χ3v) is 19.5. The Morgan fingerprint density at radius 2 is 1.44 bits per heavy atom. The van der Waals surface area contributed by atoms with Crippen molar-refractivity contribution < 1.29 is 45.0 Å². The van der Waals surface area contributed by atoms with E-state index in [4.69, 9.17) is 11.6 Å². The number of benzene rings is 5. The first-order valence-electron chi connectivity index (χ1n) is 26.1. The summed E-state index contributed by atoms with van der Waals surface area (Å²) in [5.74, 6) is 0.285. The summed E-state index contributed by atoms with van der Waals surface area (Å²) in [4.78, 5) is 22.0. The molecule has 5 aromatic carbocycles. The molecule has 78 heavy (non-hydrogen) atoms. The molecule has 0 saturated carbocycles. The maximum absolute atomic E-state index is 14.5. The van der Waals surface area contributed by atoms with E-state index in [0.29, 0.717) is 113 Å². The number of halogens is 4. The summed E-state index contributed by atoms with van der Waals surface area (Å²) in [5, 5.41) is 24.3. The van der Waals surface area contributed by atoms with Crippen molar-refractivity contribution in [2.75, 3.05) is 84.5 Å². The van der Waals surface area contributed by atoms with E-state index in [1.54, 1.807) is 24.3 Å². The molecule has 0 spiro atoms. The monoisotopic (exact) mass is 1150 g/mol. The van der Waals surface area contributed by atoms with Crippen LogP contribution in [0.4, 0.5) is 35.9 Å². The first-order chi connectivity index (χ1) is 37.1. The van der Waals surface area contributed by atoms with E-state index in [9.17, 15) is 45.0 Å². The van der Waals surface area contributed by atoms with Gasteiger partial charge in [-0.05, 0) is 136 Å². The lowest BCUT2D eigenvalue weighted by Gasteiger charge is -2.37. The zero-order valence-electron chi connectivity index (χ0n) is 43.7. The highest BCUT2D eigenvalue weighted by Gasteiger charge is 2.48. The quantitative estimate of drug-likeness (QED) is 0.0640. The summed E-state index contributed by atoms with van der Waals surface area (Å²) in [7, 11) is -8.67. The number of aliphatic hydroxyl groups excluding tert-OH is 1. The first-order valence-corrected chi connectivity index (χ1v) is 30.4. The SMILES string of the molecule is Cc1c(C(=O)N2CCC(C)(O)CC2)c(-c2cccc(N3CCN(c4ccc(NS(=O)(=O)c5ccc(NC(CCN6CCC(O)CC6)CSc6ccccc6)c(S(=O)(=O)C(F)(F)F)c5)cc4)CC3)c2)c(-c2ccc(Cl)cc2)n1C. The van der Waals surface area contributed by atoms with E-state index in [2.05, 4.69) is 35.4 Å². The number of nitrogens with zero attached hydrogens (tertiary/aromatic N) is 5. The molecule has 3 saturated heterocycles. The van der Waals surface area contributed by atoms with Crippen LogP contribution in [-0.4, -0.2) is 135 Å². The van der Waals surface area contributed by atoms with Gasteiger partial charge in [-0.2, -0.15) is 13.2 Å². The van der Waals surface area contributed by atoms with Crippen molar-refractivity contribution in [3.8, 4) is 22.4 Å². The Labute approximate surface area is 464 Å². The van der Waals surface area contributed by atoms with Crippen LogP contribution in [0.3, 0.4) is 0 Å². The van der Waals surface area contributed by atoms with Gasteiger partial charge in [0, 0.05) is 116 Å². The fourth-order valence-electron chi connectivity index (χ4n) is 10.4. The highest BCUT2D eigenvalue weighted by Crippen LogP contribution is 2.42. The van der Waals surface area contributed by atoms with Crippen molar-refractivity contribution in [3.05, 3.63) is 138 Å². The zero-order valence-corrected chi connectivity index (χ0v) is 46.9. The number of hydrogen-bond acceptors (Lipinski definition) is 12. The number of amides is 1. The van der Waals surface area contributed by atoms with Gasteiger partial charge in [0.05, 0.1) is 33.5 Å². The van der Waals surface area contributed by atoms with E-state index in [-0.39, 0.29) is 23.4 Å². The van der Waals surface area contributed by atoms with Crippen molar-refractivity contribution >= 4 is 71.9 Å². The smallest absolute Gasteiger partial charge is 0.393 e. The molecule has 0 aliphatic carbocycles. The lowest BCUT2D eigenvalue weighted by molar-refractivity contribution is -0.0436. The van der Waals surface area contributed by atoms with Gasteiger partial charge in [-0.25, -0.2) is 16.8 Å². The molecule has 416 valence electrons. The minimum Gasteiger partial charge on any atom is -0.393 e. The number of alkyl halides is 3. The number of thioether (sulfide) groups is 1. The number of rotatable bonds is 17. The van der Waals surface area contributed by atoms with Crippen molar-refractivity contribution in [1.29, 1.82) is 0 Å². The largest absolute Gasteiger partial charge is 0.501 e. The van der Waals surface area contributed by atoms with Crippen LogP contribution in [0.1, 0.15) is 55.1 Å². The lowest BCUT2D eigenvalue weighted by Crippen LogP contribution is -2.46. The Balaban J connectivity index is 0.895. The number of aliphatic hydroxyl groups is 2. The number of sulfonamides is 1. The zero-order chi connectivity index (χ0) is 55.6. The van der Waals surface area contributed by atoms with Gasteiger partial charge < -0.3 is 39.7 Å². The summed E-state index contributed by atoms with van der Waals surface area (Å²) in [6.07, 6.45) is 2.21. The van der Waals surface area contributed by atoms with Crippen molar-refractivity contribution in [2.45, 2.75) is 83.9 Å². The Morgan fingerprint density at radius 1 is 0.795 bits per heavy atom. The van der Waals surface area contributed by atoms with Gasteiger partial charge in [-0.1, -0.05) is 54.1 Å². The van der Waals surface area contributed by atoms with Crippen LogP contribution in [0.2, 0.25) is 5.02 Å².